The maximum Gasteiger partial charge on any atom is 0.228 e. The summed E-state index contributed by atoms with van der Waals surface area (Å²) in [5.41, 5.74) is 0.834. The minimum atomic E-state index is -0.372. The van der Waals surface area contributed by atoms with Crippen LogP contribution in [0.4, 0.5) is 10.1 Å². The van der Waals surface area contributed by atoms with Crippen LogP contribution in [-0.2, 0) is 9.59 Å². The van der Waals surface area contributed by atoms with Crippen LogP contribution in [-0.4, -0.2) is 43.0 Å². The van der Waals surface area contributed by atoms with Gasteiger partial charge in [-0.15, -0.1) is 0 Å². The van der Waals surface area contributed by atoms with Crippen molar-refractivity contribution in [1.82, 2.24) is 4.90 Å². The number of amides is 2. The quantitative estimate of drug-likeness (QED) is 0.852. The maximum absolute atomic E-state index is 12.7. The Morgan fingerprint density at radius 2 is 2.00 bits per heavy atom. The third kappa shape index (κ3) is 2.77. The lowest BCUT2D eigenvalue weighted by atomic mass is 10.1. The summed E-state index contributed by atoms with van der Waals surface area (Å²) in [4.78, 5) is 28.0. The van der Waals surface area contributed by atoms with Crippen LogP contribution in [0.25, 0.3) is 0 Å². The molecule has 0 N–H and O–H groups in total. The summed E-state index contributed by atoms with van der Waals surface area (Å²) >= 11 is 0. The Balaban J connectivity index is 1.66. The van der Waals surface area contributed by atoms with E-state index >= 15 is 0 Å². The Hall–Kier alpha value is -1.91. The summed E-state index contributed by atoms with van der Waals surface area (Å²) in [6.07, 6.45) is 0.982. The van der Waals surface area contributed by atoms with Crippen molar-refractivity contribution in [1.29, 1.82) is 0 Å². The lowest BCUT2D eigenvalue weighted by molar-refractivity contribution is -0.134. The number of hydrogen-bond acceptors (Lipinski definition) is 2. The molecule has 0 bridgehead atoms. The van der Waals surface area contributed by atoms with E-state index in [1.807, 2.05) is 30.3 Å². The lowest BCUT2D eigenvalue weighted by Crippen LogP contribution is -2.36. The number of carbonyl (C=O) groups excluding carboxylic acids is 2. The van der Waals surface area contributed by atoms with E-state index in [0.717, 1.165) is 12.1 Å². The molecule has 1 aromatic rings. The van der Waals surface area contributed by atoms with Crippen molar-refractivity contribution in [2.45, 2.75) is 12.8 Å². The highest BCUT2D eigenvalue weighted by Gasteiger charge is 2.38. The third-order valence-electron chi connectivity index (χ3n) is 4.36. The molecule has 2 amide bonds. The number of para-hydroxylation sites is 1. The smallest absolute Gasteiger partial charge is 0.228 e. The van der Waals surface area contributed by atoms with Gasteiger partial charge in [0.1, 0.15) is 0 Å². The minimum absolute atomic E-state index is 0.00210. The van der Waals surface area contributed by atoms with Gasteiger partial charge in [-0.25, -0.2) is 0 Å². The zero-order valence-electron chi connectivity index (χ0n) is 11.9. The van der Waals surface area contributed by atoms with Crippen LogP contribution >= 0.6 is 0 Å². The van der Waals surface area contributed by atoms with Gasteiger partial charge in [-0.3, -0.25) is 14.0 Å². The van der Waals surface area contributed by atoms with Crippen molar-refractivity contribution < 1.29 is 14.0 Å². The number of hydrogen-bond donors (Lipinski definition) is 0. The predicted molar refractivity (Wildman–Crippen MR) is 77.6 cm³/mol. The average molecular weight is 290 g/mol. The molecule has 0 saturated carbocycles. The van der Waals surface area contributed by atoms with E-state index in [1.54, 1.807) is 9.80 Å². The molecule has 2 aliphatic heterocycles. The summed E-state index contributed by atoms with van der Waals surface area (Å²) in [6, 6.07) is 9.40. The van der Waals surface area contributed by atoms with E-state index in [4.69, 9.17) is 0 Å². The third-order valence-corrected chi connectivity index (χ3v) is 4.36. The fourth-order valence-electron chi connectivity index (χ4n) is 3.15. The number of benzene rings is 1. The minimum Gasteiger partial charge on any atom is -0.342 e. The van der Waals surface area contributed by atoms with Gasteiger partial charge in [-0.2, -0.15) is 0 Å². The molecular weight excluding hydrogens is 271 g/mol. The first-order valence-electron chi connectivity index (χ1n) is 7.39. The molecule has 2 heterocycles. The standard InChI is InChI=1S/C16H19FN2O2/c17-9-12-6-7-18(10-12)16(21)13-8-15(20)19(11-13)14-4-2-1-3-5-14/h1-5,12-13H,6-11H2. The van der Waals surface area contributed by atoms with Crippen LogP contribution in [0, 0.1) is 11.8 Å². The van der Waals surface area contributed by atoms with Crippen molar-refractivity contribution in [3.63, 3.8) is 0 Å². The Morgan fingerprint density at radius 1 is 1.24 bits per heavy atom. The van der Waals surface area contributed by atoms with E-state index in [2.05, 4.69) is 0 Å². The van der Waals surface area contributed by atoms with E-state index in [-0.39, 0.29) is 36.7 Å². The fourth-order valence-corrected chi connectivity index (χ4v) is 3.15. The van der Waals surface area contributed by atoms with Gasteiger partial charge in [0.2, 0.25) is 11.8 Å². The highest BCUT2D eigenvalue weighted by atomic mass is 19.1. The Labute approximate surface area is 123 Å². The molecule has 5 heteroatoms. The number of nitrogens with zero attached hydrogens (tertiary/aromatic N) is 2. The molecule has 2 aliphatic rings. The monoisotopic (exact) mass is 290 g/mol. The molecule has 0 aromatic heterocycles. The molecule has 2 fully saturated rings. The summed E-state index contributed by atoms with van der Waals surface area (Å²) < 4.78 is 12.7. The van der Waals surface area contributed by atoms with Crippen LogP contribution in [0.5, 0.6) is 0 Å². The van der Waals surface area contributed by atoms with E-state index in [1.165, 1.54) is 0 Å². The molecule has 0 radical (unpaired) electrons. The van der Waals surface area contributed by atoms with Crippen molar-refractivity contribution in [3.8, 4) is 0 Å². The molecule has 2 atom stereocenters. The number of alkyl halides is 1. The van der Waals surface area contributed by atoms with Gasteiger partial charge in [0.05, 0.1) is 12.6 Å². The van der Waals surface area contributed by atoms with Gasteiger partial charge in [-0.05, 0) is 18.6 Å². The van der Waals surface area contributed by atoms with E-state index in [9.17, 15) is 14.0 Å². The zero-order valence-corrected chi connectivity index (χ0v) is 11.9. The Bertz CT molecular complexity index is 534. The number of anilines is 1. The maximum atomic E-state index is 12.7. The SMILES string of the molecule is O=C(C1CC(=O)N(c2ccccc2)C1)N1CCC(CF)C1. The molecular formula is C16H19FN2O2. The lowest BCUT2D eigenvalue weighted by Gasteiger charge is -2.21. The van der Waals surface area contributed by atoms with Gasteiger partial charge < -0.3 is 9.80 Å². The first kappa shape index (κ1) is 14.0. The second-order valence-corrected chi connectivity index (χ2v) is 5.83. The number of likely N-dealkylation sites (tertiary alicyclic amines) is 1. The van der Waals surface area contributed by atoms with Gasteiger partial charge in [-0.1, -0.05) is 18.2 Å². The van der Waals surface area contributed by atoms with E-state index in [0.29, 0.717) is 19.6 Å². The van der Waals surface area contributed by atoms with Crippen LogP contribution < -0.4 is 4.90 Å². The van der Waals surface area contributed by atoms with Gasteiger partial charge in [0, 0.05) is 37.7 Å². The topological polar surface area (TPSA) is 40.6 Å². The zero-order chi connectivity index (χ0) is 14.8. The molecule has 4 nitrogen and oxygen atoms in total. The van der Waals surface area contributed by atoms with Gasteiger partial charge >= 0.3 is 0 Å². The largest absolute Gasteiger partial charge is 0.342 e. The van der Waals surface area contributed by atoms with Crippen LogP contribution in [0.1, 0.15) is 12.8 Å². The van der Waals surface area contributed by atoms with Crippen molar-refractivity contribution in [2.24, 2.45) is 11.8 Å². The molecule has 0 aliphatic carbocycles. The summed E-state index contributed by atoms with van der Waals surface area (Å²) in [6.45, 7) is 1.16. The summed E-state index contributed by atoms with van der Waals surface area (Å²) in [5.74, 6) is -0.342. The van der Waals surface area contributed by atoms with Crippen molar-refractivity contribution in [2.75, 3.05) is 31.2 Å². The molecule has 2 saturated heterocycles. The first-order valence-corrected chi connectivity index (χ1v) is 7.39. The van der Waals surface area contributed by atoms with Crippen LogP contribution in [0.15, 0.2) is 30.3 Å². The molecule has 21 heavy (non-hydrogen) atoms. The fraction of sp³-hybridized carbons (Fsp3) is 0.500. The van der Waals surface area contributed by atoms with Crippen LogP contribution in [0.3, 0.4) is 0 Å². The second-order valence-electron chi connectivity index (χ2n) is 5.83. The summed E-state index contributed by atoms with van der Waals surface area (Å²) in [5, 5.41) is 0. The van der Waals surface area contributed by atoms with Crippen molar-refractivity contribution >= 4 is 17.5 Å². The Morgan fingerprint density at radius 3 is 2.67 bits per heavy atom. The summed E-state index contributed by atoms with van der Waals surface area (Å²) in [7, 11) is 0. The highest BCUT2D eigenvalue weighted by Crippen LogP contribution is 2.28. The average Bonchev–Trinajstić information content (AvgIpc) is 3.14. The second kappa shape index (κ2) is 5.84. The highest BCUT2D eigenvalue weighted by molar-refractivity contribution is 6.00. The number of carbonyl (C=O) groups is 2. The molecule has 112 valence electrons. The molecule has 0 spiro atoms. The molecule has 1 aromatic carbocycles. The normalized spacial score (nSPS) is 25.7. The first-order chi connectivity index (χ1) is 10.2. The number of halogens is 1. The Kier molecular flexibility index (Phi) is 3.90. The van der Waals surface area contributed by atoms with Crippen LogP contribution in [0.2, 0.25) is 0 Å². The molecule has 2 unspecified atom stereocenters. The molecule has 3 rings (SSSR count). The van der Waals surface area contributed by atoms with E-state index < -0.39 is 0 Å². The predicted octanol–water partition coefficient (Wildman–Crippen LogP) is 1.86. The number of rotatable bonds is 3. The van der Waals surface area contributed by atoms with Gasteiger partial charge in [0.15, 0.2) is 0 Å². The van der Waals surface area contributed by atoms with Gasteiger partial charge in [0.25, 0.3) is 0 Å². The van der Waals surface area contributed by atoms with Crippen molar-refractivity contribution in [3.05, 3.63) is 30.3 Å².